The SMILES string of the molecule is CCNC(=NCCS(=O)C(C)(C)C)NCCn1cccc1. The summed E-state index contributed by atoms with van der Waals surface area (Å²) in [6.45, 7) is 11.1. The minimum atomic E-state index is -0.854. The number of nitrogens with one attached hydrogen (secondary N) is 2. The lowest BCUT2D eigenvalue weighted by molar-refractivity contribution is 0.648. The van der Waals surface area contributed by atoms with Crippen LogP contribution in [-0.4, -0.2) is 44.9 Å². The van der Waals surface area contributed by atoms with Crippen molar-refractivity contribution >= 4 is 16.8 Å². The highest BCUT2D eigenvalue weighted by Crippen LogP contribution is 2.10. The highest BCUT2D eigenvalue weighted by atomic mass is 32.2. The van der Waals surface area contributed by atoms with Gasteiger partial charge >= 0.3 is 0 Å². The standard InChI is InChI=1S/C15H28N4OS/c1-5-16-14(17-8-12-19-10-6-7-11-19)18-9-13-21(20)15(2,3)4/h6-7,10-11H,5,8-9,12-13H2,1-4H3,(H2,16,17,18). The zero-order valence-electron chi connectivity index (χ0n) is 13.6. The van der Waals surface area contributed by atoms with Crippen molar-refractivity contribution in [2.24, 2.45) is 4.99 Å². The molecule has 1 atom stereocenters. The molecule has 0 aromatic carbocycles. The van der Waals surface area contributed by atoms with Gasteiger partial charge in [0.05, 0.1) is 6.54 Å². The lowest BCUT2D eigenvalue weighted by atomic mass is 10.3. The van der Waals surface area contributed by atoms with E-state index in [1.165, 1.54) is 0 Å². The van der Waals surface area contributed by atoms with Gasteiger partial charge in [0.25, 0.3) is 0 Å². The molecule has 21 heavy (non-hydrogen) atoms. The molecule has 0 bridgehead atoms. The molecule has 1 aromatic rings. The van der Waals surface area contributed by atoms with Crippen molar-refractivity contribution in [2.45, 2.75) is 39.0 Å². The van der Waals surface area contributed by atoms with Crippen LogP contribution < -0.4 is 10.6 Å². The van der Waals surface area contributed by atoms with Crippen LogP contribution in [0.1, 0.15) is 27.7 Å². The number of guanidine groups is 1. The smallest absolute Gasteiger partial charge is 0.191 e. The topological polar surface area (TPSA) is 58.4 Å². The molecule has 6 heteroatoms. The van der Waals surface area contributed by atoms with Crippen LogP contribution in [0.4, 0.5) is 0 Å². The summed E-state index contributed by atoms with van der Waals surface area (Å²) in [5.74, 6) is 1.38. The predicted octanol–water partition coefficient (Wildman–Crippen LogP) is 1.59. The van der Waals surface area contributed by atoms with Crippen LogP contribution in [0.25, 0.3) is 0 Å². The fraction of sp³-hybridized carbons (Fsp3) is 0.667. The summed E-state index contributed by atoms with van der Waals surface area (Å²) in [5, 5.41) is 6.50. The first kappa shape index (κ1) is 17.8. The number of hydrogen-bond donors (Lipinski definition) is 2. The van der Waals surface area contributed by atoms with Crippen molar-refractivity contribution < 1.29 is 4.21 Å². The second kappa shape index (κ2) is 8.87. The van der Waals surface area contributed by atoms with E-state index < -0.39 is 10.8 Å². The molecule has 0 radical (unpaired) electrons. The Kier molecular flexibility index (Phi) is 7.50. The van der Waals surface area contributed by atoms with E-state index in [1.54, 1.807) is 0 Å². The Hall–Kier alpha value is -1.30. The summed E-state index contributed by atoms with van der Waals surface area (Å²) < 4.78 is 13.9. The molecule has 0 amide bonds. The first-order valence-corrected chi connectivity index (χ1v) is 8.77. The quantitative estimate of drug-likeness (QED) is 0.594. The molecule has 1 aromatic heterocycles. The fourth-order valence-corrected chi connectivity index (χ4v) is 2.58. The van der Waals surface area contributed by atoms with Crippen LogP contribution in [0.2, 0.25) is 0 Å². The highest BCUT2D eigenvalue weighted by molar-refractivity contribution is 7.86. The third-order valence-electron chi connectivity index (χ3n) is 2.90. The summed E-state index contributed by atoms with van der Waals surface area (Å²) in [4.78, 5) is 4.48. The number of nitrogens with zero attached hydrogens (tertiary/aromatic N) is 2. The van der Waals surface area contributed by atoms with Crippen LogP contribution in [0.3, 0.4) is 0 Å². The van der Waals surface area contributed by atoms with E-state index in [0.717, 1.165) is 25.6 Å². The van der Waals surface area contributed by atoms with Crippen LogP contribution >= 0.6 is 0 Å². The molecule has 0 saturated heterocycles. The summed E-state index contributed by atoms with van der Waals surface area (Å²) in [6, 6.07) is 4.03. The third-order valence-corrected chi connectivity index (χ3v) is 4.82. The van der Waals surface area contributed by atoms with E-state index in [-0.39, 0.29) is 4.75 Å². The Morgan fingerprint density at radius 2 is 1.90 bits per heavy atom. The van der Waals surface area contributed by atoms with Crippen molar-refractivity contribution in [1.29, 1.82) is 0 Å². The van der Waals surface area contributed by atoms with E-state index in [0.29, 0.717) is 12.3 Å². The van der Waals surface area contributed by atoms with Crippen LogP contribution in [0, 0.1) is 0 Å². The average Bonchev–Trinajstić information content (AvgIpc) is 2.90. The van der Waals surface area contributed by atoms with Crippen LogP contribution in [0.15, 0.2) is 29.5 Å². The Balaban J connectivity index is 2.37. The van der Waals surface area contributed by atoms with Gasteiger partial charge in [-0.05, 0) is 39.8 Å². The first-order valence-electron chi connectivity index (χ1n) is 7.45. The van der Waals surface area contributed by atoms with Gasteiger partial charge in [0.1, 0.15) is 0 Å². The monoisotopic (exact) mass is 312 g/mol. The van der Waals surface area contributed by atoms with Crippen molar-refractivity contribution in [3.63, 3.8) is 0 Å². The molecule has 1 unspecified atom stereocenters. The van der Waals surface area contributed by atoms with Crippen LogP contribution in [-0.2, 0) is 17.3 Å². The molecule has 0 spiro atoms. The van der Waals surface area contributed by atoms with Crippen molar-refractivity contribution in [2.75, 3.05) is 25.4 Å². The van der Waals surface area contributed by atoms with Gasteiger partial charge in [0.15, 0.2) is 5.96 Å². The third kappa shape index (κ3) is 7.32. The molecule has 0 saturated carbocycles. The zero-order chi connectivity index (χ0) is 15.7. The number of rotatable bonds is 7. The number of aromatic nitrogens is 1. The van der Waals surface area contributed by atoms with Crippen molar-refractivity contribution in [3.05, 3.63) is 24.5 Å². The summed E-state index contributed by atoms with van der Waals surface area (Å²) >= 11 is 0. The molecule has 0 aliphatic heterocycles. The Bertz CT molecular complexity index is 449. The molecule has 2 N–H and O–H groups in total. The molecule has 5 nitrogen and oxygen atoms in total. The molecular weight excluding hydrogens is 284 g/mol. The van der Waals surface area contributed by atoms with Crippen LogP contribution in [0.5, 0.6) is 0 Å². The number of aliphatic imine (C=N–C) groups is 1. The van der Waals surface area contributed by atoms with Gasteiger partial charge in [-0.15, -0.1) is 0 Å². The van der Waals surface area contributed by atoms with Gasteiger partial charge in [-0.1, -0.05) is 0 Å². The predicted molar refractivity (Wildman–Crippen MR) is 91.2 cm³/mol. The zero-order valence-corrected chi connectivity index (χ0v) is 14.4. The minimum absolute atomic E-state index is 0.171. The maximum atomic E-state index is 12.0. The first-order chi connectivity index (χ1) is 9.93. The normalized spacial score (nSPS) is 14.0. The van der Waals surface area contributed by atoms with E-state index in [1.807, 2.05) is 52.2 Å². The van der Waals surface area contributed by atoms with E-state index in [2.05, 4.69) is 20.2 Å². The average molecular weight is 312 g/mol. The molecule has 0 fully saturated rings. The Morgan fingerprint density at radius 3 is 2.48 bits per heavy atom. The van der Waals surface area contributed by atoms with E-state index >= 15 is 0 Å². The molecule has 1 rings (SSSR count). The lowest BCUT2D eigenvalue weighted by Crippen LogP contribution is -2.39. The highest BCUT2D eigenvalue weighted by Gasteiger charge is 2.18. The minimum Gasteiger partial charge on any atom is -0.357 e. The second-order valence-corrected chi connectivity index (χ2v) is 8.09. The molecule has 0 aliphatic rings. The van der Waals surface area contributed by atoms with Gasteiger partial charge in [-0.2, -0.15) is 0 Å². The maximum Gasteiger partial charge on any atom is 0.191 e. The number of hydrogen-bond acceptors (Lipinski definition) is 2. The van der Waals surface area contributed by atoms with E-state index in [9.17, 15) is 4.21 Å². The Labute approximate surface area is 130 Å². The fourth-order valence-electron chi connectivity index (χ4n) is 1.71. The summed E-state index contributed by atoms with van der Waals surface area (Å²) in [5.41, 5.74) is 0. The molecule has 1 heterocycles. The Morgan fingerprint density at radius 1 is 1.24 bits per heavy atom. The van der Waals surface area contributed by atoms with Gasteiger partial charge in [-0.3, -0.25) is 9.20 Å². The summed E-state index contributed by atoms with van der Waals surface area (Å²) in [7, 11) is -0.854. The van der Waals surface area contributed by atoms with Gasteiger partial charge in [-0.25, -0.2) is 0 Å². The maximum absolute atomic E-state index is 12.0. The molecule has 0 aliphatic carbocycles. The summed E-state index contributed by atoms with van der Waals surface area (Å²) in [6.07, 6.45) is 4.08. The van der Waals surface area contributed by atoms with E-state index in [4.69, 9.17) is 0 Å². The molecule has 120 valence electrons. The van der Waals surface area contributed by atoms with Crippen molar-refractivity contribution in [3.8, 4) is 0 Å². The second-order valence-electron chi connectivity index (χ2n) is 5.77. The van der Waals surface area contributed by atoms with Gasteiger partial charge in [0.2, 0.25) is 0 Å². The van der Waals surface area contributed by atoms with Gasteiger partial charge < -0.3 is 15.2 Å². The van der Waals surface area contributed by atoms with Crippen molar-refractivity contribution in [1.82, 2.24) is 15.2 Å². The van der Waals surface area contributed by atoms with Gasteiger partial charge in [0, 0.05) is 53.3 Å². The lowest BCUT2D eigenvalue weighted by Gasteiger charge is -2.17. The molecular formula is C15H28N4OS. The largest absolute Gasteiger partial charge is 0.357 e.